The Morgan fingerprint density at radius 3 is 2.54 bits per heavy atom. The molecule has 0 rings (SSSR count). The van der Waals surface area contributed by atoms with E-state index in [1.807, 2.05) is 0 Å². The number of hydrogen-bond donors (Lipinski definition) is 2. The van der Waals surface area contributed by atoms with Gasteiger partial charge in [0.25, 0.3) is 0 Å². The summed E-state index contributed by atoms with van der Waals surface area (Å²) in [6.07, 6.45) is 0.140. The molecular formula is C8H15NO4. The molecule has 0 bridgehead atoms. The number of rotatable bonds is 6. The molecule has 1 atom stereocenters. The average molecular weight is 189 g/mol. The van der Waals surface area contributed by atoms with Gasteiger partial charge in [0.1, 0.15) is 0 Å². The fraction of sp³-hybridized carbons (Fsp3) is 0.750. The van der Waals surface area contributed by atoms with Crippen molar-refractivity contribution in [3.63, 3.8) is 0 Å². The maximum Gasteiger partial charge on any atom is 0.309 e. The quantitative estimate of drug-likeness (QED) is 0.573. The molecule has 3 N–H and O–H groups in total. The summed E-state index contributed by atoms with van der Waals surface area (Å²) in [5, 5.41) is 8.48. The van der Waals surface area contributed by atoms with Crippen molar-refractivity contribution in [3.8, 4) is 0 Å². The van der Waals surface area contributed by atoms with Gasteiger partial charge in [-0.3, -0.25) is 9.59 Å². The Morgan fingerprint density at radius 2 is 2.15 bits per heavy atom. The molecule has 1 unspecified atom stereocenters. The van der Waals surface area contributed by atoms with Crippen LogP contribution in [0.15, 0.2) is 0 Å². The van der Waals surface area contributed by atoms with E-state index in [1.165, 1.54) is 0 Å². The Morgan fingerprint density at radius 1 is 1.54 bits per heavy atom. The van der Waals surface area contributed by atoms with E-state index in [0.717, 1.165) is 0 Å². The zero-order chi connectivity index (χ0) is 10.3. The van der Waals surface area contributed by atoms with Gasteiger partial charge < -0.3 is 15.6 Å². The predicted octanol–water partition coefficient (Wildman–Crippen LogP) is -0.0108. The van der Waals surface area contributed by atoms with Crippen LogP contribution in [0.5, 0.6) is 0 Å². The Balaban J connectivity index is 4.06. The highest BCUT2D eigenvalue weighted by Gasteiger charge is 2.21. The molecule has 0 aliphatic heterocycles. The fourth-order valence-electron chi connectivity index (χ4n) is 0.975. The zero-order valence-electron chi connectivity index (χ0n) is 7.66. The van der Waals surface area contributed by atoms with E-state index in [4.69, 9.17) is 15.6 Å². The van der Waals surface area contributed by atoms with Gasteiger partial charge in [-0.15, -0.1) is 0 Å². The molecule has 0 saturated carbocycles. The normalized spacial score (nSPS) is 12.2. The highest BCUT2D eigenvalue weighted by Crippen LogP contribution is 2.09. The lowest BCUT2D eigenvalue weighted by Gasteiger charge is -2.11. The number of carboxylic acids is 1. The molecule has 0 saturated heterocycles. The molecule has 13 heavy (non-hydrogen) atoms. The molecule has 0 aromatic heterocycles. The van der Waals surface area contributed by atoms with Crippen molar-refractivity contribution >= 4 is 11.9 Å². The first-order valence-electron chi connectivity index (χ1n) is 4.20. The number of aliphatic carboxylic acids is 1. The van der Waals surface area contributed by atoms with Crippen molar-refractivity contribution in [3.05, 3.63) is 0 Å². The first-order chi connectivity index (χ1) is 6.11. The van der Waals surface area contributed by atoms with Crippen molar-refractivity contribution in [1.82, 2.24) is 0 Å². The lowest BCUT2D eigenvalue weighted by molar-refractivity contribution is -0.152. The molecule has 0 aromatic rings. The van der Waals surface area contributed by atoms with Crippen LogP contribution in [0.25, 0.3) is 0 Å². The van der Waals surface area contributed by atoms with Gasteiger partial charge in [0, 0.05) is 0 Å². The molecule has 0 amide bonds. The first kappa shape index (κ1) is 11.9. The van der Waals surface area contributed by atoms with E-state index >= 15 is 0 Å². The van der Waals surface area contributed by atoms with Crippen LogP contribution in [0.2, 0.25) is 0 Å². The zero-order valence-corrected chi connectivity index (χ0v) is 7.66. The van der Waals surface area contributed by atoms with Gasteiger partial charge in [-0.2, -0.15) is 0 Å². The monoisotopic (exact) mass is 189 g/mol. The van der Waals surface area contributed by atoms with Crippen molar-refractivity contribution < 1.29 is 19.4 Å². The van der Waals surface area contributed by atoms with E-state index in [1.54, 1.807) is 6.92 Å². The summed E-state index contributed by atoms with van der Waals surface area (Å²) in [5.41, 5.74) is 5.24. The number of nitrogens with two attached hydrogens (primary N) is 1. The SMILES string of the molecule is CCOC(=O)C(CCN)CC(=O)O. The summed E-state index contributed by atoms with van der Waals surface area (Å²) in [6, 6.07) is 0. The third kappa shape index (κ3) is 5.19. The van der Waals surface area contributed by atoms with Crippen molar-refractivity contribution in [2.75, 3.05) is 13.2 Å². The van der Waals surface area contributed by atoms with Crippen LogP contribution < -0.4 is 5.73 Å². The molecule has 0 radical (unpaired) electrons. The second-order valence-corrected chi connectivity index (χ2v) is 2.62. The van der Waals surface area contributed by atoms with Crippen LogP contribution in [0.1, 0.15) is 19.8 Å². The van der Waals surface area contributed by atoms with Gasteiger partial charge in [0.2, 0.25) is 0 Å². The van der Waals surface area contributed by atoms with Gasteiger partial charge in [-0.05, 0) is 19.9 Å². The minimum absolute atomic E-state index is 0.212. The van der Waals surface area contributed by atoms with Gasteiger partial charge in [0.15, 0.2) is 0 Å². The summed E-state index contributed by atoms with van der Waals surface area (Å²) in [5.74, 6) is -2.09. The maximum atomic E-state index is 11.1. The number of ether oxygens (including phenoxy) is 1. The third-order valence-electron chi connectivity index (χ3n) is 1.56. The number of hydrogen-bond acceptors (Lipinski definition) is 4. The van der Waals surface area contributed by atoms with E-state index in [2.05, 4.69) is 0 Å². The molecule has 5 nitrogen and oxygen atoms in total. The Labute approximate surface area is 76.9 Å². The second-order valence-electron chi connectivity index (χ2n) is 2.62. The largest absolute Gasteiger partial charge is 0.481 e. The minimum atomic E-state index is -1.01. The van der Waals surface area contributed by atoms with Gasteiger partial charge in [-0.1, -0.05) is 0 Å². The molecule has 0 aromatic carbocycles. The summed E-state index contributed by atoms with van der Waals surface area (Å²) >= 11 is 0. The van der Waals surface area contributed by atoms with Crippen LogP contribution >= 0.6 is 0 Å². The summed E-state index contributed by atoms with van der Waals surface area (Å²) in [6.45, 7) is 2.23. The second kappa shape index (κ2) is 6.42. The third-order valence-corrected chi connectivity index (χ3v) is 1.56. The lowest BCUT2D eigenvalue weighted by atomic mass is 10.0. The van der Waals surface area contributed by atoms with E-state index < -0.39 is 17.9 Å². The highest BCUT2D eigenvalue weighted by molar-refractivity contribution is 5.79. The molecular weight excluding hydrogens is 174 g/mol. The highest BCUT2D eigenvalue weighted by atomic mass is 16.5. The summed E-state index contributed by atoms with van der Waals surface area (Å²) in [7, 11) is 0. The minimum Gasteiger partial charge on any atom is -0.481 e. The van der Waals surface area contributed by atoms with Gasteiger partial charge in [-0.25, -0.2) is 0 Å². The molecule has 0 fully saturated rings. The topological polar surface area (TPSA) is 89.6 Å². The van der Waals surface area contributed by atoms with Gasteiger partial charge in [0.05, 0.1) is 18.9 Å². The first-order valence-corrected chi connectivity index (χ1v) is 4.20. The average Bonchev–Trinajstić information content (AvgIpc) is 2.03. The van der Waals surface area contributed by atoms with Crippen LogP contribution in [-0.2, 0) is 14.3 Å². The molecule has 0 heterocycles. The predicted molar refractivity (Wildman–Crippen MR) is 46.0 cm³/mol. The molecule has 76 valence electrons. The Kier molecular flexibility index (Phi) is 5.88. The molecule has 0 spiro atoms. The number of esters is 1. The van der Waals surface area contributed by atoms with Crippen LogP contribution in [-0.4, -0.2) is 30.2 Å². The Hall–Kier alpha value is -1.10. The van der Waals surface area contributed by atoms with Crippen molar-refractivity contribution in [1.29, 1.82) is 0 Å². The molecule has 0 aliphatic rings. The Bertz CT molecular complexity index is 181. The number of carboxylic acid groups (broad SMARTS) is 1. The van der Waals surface area contributed by atoms with Crippen molar-refractivity contribution in [2.24, 2.45) is 11.7 Å². The van der Waals surface area contributed by atoms with E-state index in [9.17, 15) is 9.59 Å². The van der Waals surface area contributed by atoms with Crippen LogP contribution in [0.4, 0.5) is 0 Å². The van der Waals surface area contributed by atoms with Crippen LogP contribution in [0, 0.1) is 5.92 Å². The van der Waals surface area contributed by atoms with E-state index in [0.29, 0.717) is 6.42 Å². The lowest BCUT2D eigenvalue weighted by Crippen LogP contribution is -2.23. The smallest absolute Gasteiger partial charge is 0.309 e. The summed E-state index contributed by atoms with van der Waals surface area (Å²) in [4.78, 5) is 21.5. The molecule has 5 heteroatoms. The number of carbonyl (C=O) groups is 2. The summed E-state index contributed by atoms with van der Waals surface area (Å²) < 4.78 is 4.70. The maximum absolute atomic E-state index is 11.1. The van der Waals surface area contributed by atoms with E-state index in [-0.39, 0.29) is 19.6 Å². The fourth-order valence-corrected chi connectivity index (χ4v) is 0.975. The van der Waals surface area contributed by atoms with Gasteiger partial charge >= 0.3 is 11.9 Å². The van der Waals surface area contributed by atoms with Crippen LogP contribution in [0.3, 0.4) is 0 Å². The molecule has 0 aliphatic carbocycles. The standard InChI is InChI=1S/C8H15NO4/c1-2-13-8(12)6(3-4-9)5-7(10)11/h6H,2-5,9H2,1H3,(H,10,11). The number of carbonyl (C=O) groups excluding carboxylic acids is 1. The van der Waals surface area contributed by atoms with Crippen molar-refractivity contribution in [2.45, 2.75) is 19.8 Å².